The second kappa shape index (κ2) is 7.75. The van der Waals surface area contributed by atoms with Crippen LogP contribution in [0.15, 0.2) is 17.8 Å². The maximum absolute atomic E-state index is 10.6. The lowest BCUT2D eigenvalue weighted by atomic mass is 10.2. The number of H-pyrrole nitrogens is 1. The van der Waals surface area contributed by atoms with Gasteiger partial charge in [-0.15, -0.1) is 11.3 Å². The van der Waals surface area contributed by atoms with Gasteiger partial charge >= 0.3 is 12.1 Å². The maximum atomic E-state index is 10.6. The number of halogens is 3. The standard InChI is InChI=1S/C12H16N4S.C2HF3O2/c1-9-10(7-14-15-9)8-16-5-2-3-11(16)12-13-4-6-17-12;3-2(4,5)1(6)7/h4,6-7,11H,2-3,5,8H2,1H3,(H,14,15);(H,6,7). The summed E-state index contributed by atoms with van der Waals surface area (Å²) in [4.78, 5) is 15.9. The van der Waals surface area contributed by atoms with Crippen LogP contribution in [-0.2, 0) is 11.3 Å². The average molecular weight is 362 g/mol. The van der Waals surface area contributed by atoms with E-state index in [-0.39, 0.29) is 0 Å². The van der Waals surface area contributed by atoms with Crippen LogP contribution in [-0.4, -0.2) is 43.9 Å². The fourth-order valence-electron chi connectivity index (χ4n) is 2.45. The highest BCUT2D eigenvalue weighted by Crippen LogP contribution is 2.34. The summed E-state index contributed by atoms with van der Waals surface area (Å²) in [7, 11) is 0. The maximum Gasteiger partial charge on any atom is 0.490 e. The first-order chi connectivity index (χ1) is 11.3. The van der Waals surface area contributed by atoms with Crippen molar-refractivity contribution in [3.8, 4) is 0 Å². The van der Waals surface area contributed by atoms with Gasteiger partial charge in [0.05, 0.1) is 12.2 Å². The number of hydrogen-bond donors (Lipinski definition) is 2. The Hall–Kier alpha value is -1.94. The molecule has 2 aromatic heterocycles. The summed E-state index contributed by atoms with van der Waals surface area (Å²) in [6, 6.07) is 0.504. The van der Waals surface area contributed by atoms with Crippen molar-refractivity contribution in [2.24, 2.45) is 0 Å². The van der Waals surface area contributed by atoms with Gasteiger partial charge in [-0.25, -0.2) is 9.78 Å². The first-order valence-electron chi connectivity index (χ1n) is 7.21. The predicted molar refractivity (Wildman–Crippen MR) is 81.5 cm³/mol. The third-order valence-electron chi connectivity index (χ3n) is 3.65. The fraction of sp³-hybridized carbons (Fsp3) is 0.500. The number of aromatic nitrogens is 3. The summed E-state index contributed by atoms with van der Waals surface area (Å²) in [5.41, 5.74) is 2.48. The molecule has 0 saturated carbocycles. The summed E-state index contributed by atoms with van der Waals surface area (Å²) >= 11 is 1.76. The lowest BCUT2D eigenvalue weighted by Gasteiger charge is -2.22. The van der Waals surface area contributed by atoms with Crippen molar-refractivity contribution >= 4 is 17.3 Å². The summed E-state index contributed by atoms with van der Waals surface area (Å²) < 4.78 is 31.7. The van der Waals surface area contributed by atoms with Crippen LogP contribution < -0.4 is 0 Å². The molecule has 1 fully saturated rings. The first kappa shape index (κ1) is 18.4. The number of aliphatic carboxylic acids is 1. The van der Waals surface area contributed by atoms with Crippen LogP contribution in [0.2, 0.25) is 0 Å². The zero-order chi connectivity index (χ0) is 17.7. The number of nitrogens with one attached hydrogen (secondary N) is 1. The van der Waals surface area contributed by atoms with Gasteiger partial charge in [0.15, 0.2) is 0 Å². The minimum absolute atomic E-state index is 0.504. The van der Waals surface area contributed by atoms with Crippen LogP contribution in [0.1, 0.15) is 35.1 Å². The Morgan fingerprint density at radius 2 is 2.25 bits per heavy atom. The quantitative estimate of drug-likeness (QED) is 0.877. The van der Waals surface area contributed by atoms with E-state index in [1.54, 1.807) is 11.3 Å². The monoisotopic (exact) mass is 362 g/mol. The van der Waals surface area contributed by atoms with Crippen LogP contribution in [0.3, 0.4) is 0 Å². The highest BCUT2D eigenvalue weighted by atomic mass is 32.1. The van der Waals surface area contributed by atoms with Crippen molar-refractivity contribution < 1.29 is 23.1 Å². The van der Waals surface area contributed by atoms with E-state index in [0.29, 0.717) is 6.04 Å². The molecule has 1 saturated heterocycles. The van der Waals surface area contributed by atoms with E-state index in [9.17, 15) is 13.2 Å². The molecule has 1 atom stereocenters. The minimum Gasteiger partial charge on any atom is -0.475 e. The van der Waals surface area contributed by atoms with E-state index in [2.05, 4.69) is 32.4 Å². The Bertz CT molecular complexity index is 657. The topological polar surface area (TPSA) is 82.1 Å². The molecule has 2 N–H and O–H groups in total. The molecule has 1 aliphatic rings. The summed E-state index contributed by atoms with van der Waals surface area (Å²) in [6.45, 7) is 4.22. The van der Waals surface area contributed by atoms with Crippen LogP contribution in [0.25, 0.3) is 0 Å². The summed E-state index contributed by atoms with van der Waals surface area (Å²) in [6.07, 6.45) is 1.25. The number of carboxylic acids is 1. The predicted octanol–water partition coefficient (Wildman–Crippen LogP) is 3.15. The van der Waals surface area contributed by atoms with Crippen molar-refractivity contribution in [3.05, 3.63) is 34.0 Å². The molecule has 24 heavy (non-hydrogen) atoms. The number of hydrogen-bond acceptors (Lipinski definition) is 5. The van der Waals surface area contributed by atoms with Crippen molar-refractivity contribution in [1.82, 2.24) is 20.1 Å². The van der Waals surface area contributed by atoms with Gasteiger partial charge in [0.1, 0.15) is 5.01 Å². The third kappa shape index (κ3) is 4.78. The zero-order valence-corrected chi connectivity index (χ0v) is 13.7. The van der Waals surface area contributed by atoms with Gasteiger partial charge in [0.2, 0.25) is 0 Å². The molecular weight excluding hydrogens is 345 g/mol. The van der Waals surface area contributed by atoms with E-state index < -0.39 is 12.1 Å². The molecule has 1 aliphatic heterocycles. The second-order valence-electron chi connectivity index (χ2n) is 5.32. The van der Waals surface area contributed by atoms with Gasteiger partial charge in [0.25, 0.3) is 0 Å². The third-order valence-corrected chi connectivity index (χ3v) is 4.53. The summed E-state index contributed by atoms with van der Waals surface area (Å²) in [5.74, 6) is -2.76. The van der Waals surface area contributed by atoms with Gasteiger partial charge in [0, 0.05) is 29.4 Å². The van der Waals surface area contributed by atoms with E-state index >= 15 is 0 Å². The Morgan fingerprint density at radius 1 is 1.54 bits per heavy atom. The molecule has 132 valence electrons. The molecule has 0 amide bonds. The largest absolute Gasteiger partial charge is 0.490 e. The molecule has 1 unspecified atom stereocenters. The molecule has 0 bridgehead atoms. The van der Waals surface area contributed by atoms with Crippen LogP contribution in [0.4, 0.5) is 13.2 Å². The number of nitrogens with zero attached hydrogens (tertiary/aromatic N) is 3. The highest BCUT2D eigenvalue weighted by Gasteiger charge is 2.38. The number of aryl methyl sites for hydroxylation is 1. The molecular formula is C14H17F3N4O2S. The van der Waals surface area contributed by atoms with Crippen molar-refractivity contribution in [1.29, 1.82) is 0 Å². The van der Waals surface area contributed by atoms with Gasteiger partial charge in [-0.05, 0) is 26.3 Å². The lowest BCUT2D eigenvalue weighted by molar-refractivity contribution is -0.192. The minimum atomic E-state index is -5.08. The SMILES string of the molecule is Cc1[nH]ncc1CN1CCCC1c1nccs1.O=C(O)C(F)(F)F. The zero-order valence-electron chi connectivity index (χ0n) is 12.9. The van der Waals surface area contributed by atoms with Crippen LogP contribution in [0.5, 0.6) is 0 Å². The second-order valence-corrected chi connectivity index (χ2v) is 6.25. The van der Waals surface area contributed by atoms with Crippen molar-refractivity contribution in [2.45, 2.75) is 38.5 Å². The normalized spacial score (nSPS) is 18.2. The number of alkyl halides is 3. The van der Waals surface area contributed by atoms with Gasteiger partial charge in [-0.3, -0.25) is 10.00 Å². The molecule has 10 heteroatoms. The average Bonchev–Trinajstić information content (AvgIpc) is 3.22. The molecule has 3 rings (SSSR count). The van der Waals surface area contributed by atoms with Gasteiger partial charge in [-0.1, -0.05) is 0 Å². The number of rotatable bonds is 3. The molecule has 6 nitrogen and oxygen atoms in total. The Kier molecular flexibility index (Phi) is 5.94. The number of carbonyl (C=O) groups is 1. The molecule has 0 radical (unpaired) electrons. The van der Waals surface area contributed by atoms with Crippen LogP contribution >= 0.6 is 11.3 Å². The van der Waals surface area contributed by atoms with E-state index in [1.165, 1.54) is 29.1 Å². The summed E-state index contributed by atoms with van der Waals surface area (Å²) in [5, 5.41) is 17.5. The van der Waals surface area contributed by atoms with E-state index in [4.69, 9.17) is 9.90 Å². The molecule has 0 spiro atoms. The smallest absolute Gasteiger partial charge is 0.475 e. The lowest BCUT2D eigenvalue weighted by Crippen LogP contribution is -2.22. The van der Waals surface area contributed by atoms with Crippen molar-refractivity contribution in [2.75, 3.05) is 6.54 Å². The molecule has 3 heterocycles. The van der Waals surface area contributed by atoms with E-state index in [0.717, 1.165) is 13.1 Å². The van der Waals surface area contributed by atoms with Crippen LogP contribution in [0, 0.1) is 6.92 Å². The fourth-order valence-corrected chi connectivity index (χ4v) is 3.25. The van der Waals surface area contributed by atoms with E-state index in [1.807, 2.05) is 12.4 Å². The first-order valence-corrected chi connectivity index (χ1v) is 8.09. The number of aromatic amines is 1. The molecule has 0 aromatic carbocycles. The van der Waals surface area contributed by atoms with Gasteiger partial charge < -0.3 is 5.11 Å². The van der Waals surface area contributed by atoms with Gasteiger partial charge in [-0.2, -0.15) is 18.3 Å². The highest BCUT2D eigenvalue weighted by molar-refractivity contribution is 7.09. The Labute approximate surface area is 140 Å². The number of carboxylic acid groups (broad SMARTS) is 1. The van der Waals surface area contributed by atoms with Crippen molar-refractivity contribution in [3.63, 3.8) is 0 Å². The Balaban J connectivity index is 0.000000256. The number of thiazole rings is 1. The molecule has 0 aliphatic carbocycles. The molecule has 2 aromatic rings. The number of likely N-dealkylation sites (tertiary alicyclic amines) is 1. The Morgan fingerprint density at radius 3 is 2.75 bits per heavy atom.